The van der Waals surface area contributed by atoms with Crippen molar-refractivity contribution in [1.29, 1.82) is 0 Å². The second-order valence-corrected chi connectivity index (χ2v) is 10.2. The molecule has 4 N–H and O–H groups in total. The molecule has 184 valence electrons. The van der Waals surface area contributed by atoms with E-state index in [2.05, 4.69) is 22.8 Å². The molecule has 0 bridgehead atoms. The first-order chi connectivity index (χ1) is 17.8. The Kier molecular flexibility index (Phi) is 6.43. The van der Waals surface area contributed by atoms with Gasteiger partial charge < -0.3 is 5.32 Å². The molecular formula is C29H23N3O4S. The van der Waals surface area contributed by atoms with Crippen LogP contribution in [0.4, 0.5) is 0 Å². The van der Waals surface area contributed by atoms with Gasteiger partial charge in [0.15, 0.2) is 0 Å². The van der Waals surface area contributed by atoms with Crippen molar-refractivity contribution in [3.63, 3.8) is 0 Å². The molecular weight excluding hydrogens is 486 g/mol. The van der Waals surface area contributed by atoms with Crippen LogP contribution in [0.3, 0.4) is 0 Å². The highest BCUT2D eigenvalue weighted by atomic mass is 32.2. The molecule has 7 nitrogen and oxygen atoms in total. The lowest BCUT2D eigenvalue weighted by molar-refractivity contribution is -0.114. The van der Waals surface area contributed by atoms with Gasteiger partial charge in [-0.3, -0.25) is 14.9 Å². The summed E-state index contributed by atoms with van der Waals surface area (Å²) in [6.45, 7) is 0.339. The number of hydrogen-bond acceptors (Lipinski definition) is 5. The van der Waals surface area contributed by atoms with Crippen LogP contribution in [0.2, 0.25) is 0 Å². The average Bonchev–Trinajstić information content (AvgIpc) is 2.90. The topological polar surface area (TPSA) is 118 Å². The highest BCUT2D eigenvalue weighted by Gasteiger charge is 2.27. The number of nitrogens with one attached hydrogen (secondary N) is 2. The van der Waals surface area contributed by atoms with E-state index < -0.39 is 21.8 Å². The summed E-state index contributed by atoms with van der Waals surface area (Å²) in [5.74, 6) is -0.937. The zero-order valence-electron chi connectivity index (χ0n) is 19.6. The van der Waals surface area contributed by atoms with Gasteiger partial charge in [-0.25, -0.2) is 13.6 Å². The summed E-state index contributed by atoms with van der Waals surface area (Å²) in [4.78, 5) is 25.2. The summed E-state index contributed by atoms with van der Waals surface area (Å²) >= 11 is 0. The molecule has 8 heteroatoms. The van der Waals surface area contributed by atoms with Gasteiger partial charge in [-0.15, -0.1) is 0 Å². The molecule has 1 aliphatic heterocycles. The number of imide groups is 1. The Morgan fingerprint density at radius 2 is 1.30 bits per heavy atom. The maximum absolute atomic E-state index is 12.7. The lowest BCUT2D eigenvalue weighted by atomic mass is 9.91. The number of hydrogen-bond donors (Lipinski definition) is 3. The van der Waals surface area contributed by atoms with Crippen molar-refractivity contribution in [2.24, 2.45) is 5.14 Å². The third-order valence-corrected chi connectivity index (χ3v) is 7.09. The fourth-order valence-electron chi connectivity index (χ4n) is 4.20. The van der Waals surface area contributed by atoms with Gasteiger partial charge >= 0.3 is 0 Å². The lowest BCUT2D eigenvalue weighted by Crippen LogP contribution is -2.37. The number of benzene rings is 4. The minimum atomic E-state index is -3.76. The van der Waals surface area contributed by atoms with Crippen molar-refractivity contribution in [1.82, 2.24) is 10.6 Å². The largest absolute Gasteiger partial charge is 0.386 e. The van der Waals surface area contributed by atoms with Crippen molar-refractivity contribution in [2.45, 2.75) is 11.4 Å². The van der Waals surface area contributed by atoms with Crippen molar-refractivity contribution in [3.05, 3.63) is 120 Å². The van der Waals surface area contributed by atoms with Crippen LogP contribution in [0.5, 0.6) is 0 Å². The van der Waals surface area contributed by atoms with Gasteiger partial charge in [-0.2, -0.15) is 0 Å². The van der Waals surface area contributed by atoms with Crippen LogP contribution in [0, 0.1) is 0 Å². The van der Waals surface area contributed by atoms with E-state index in [1.54, 1.807) is 24.4 Å². The van der Waals surface area contributed by atoms with Gasteiger partial charge in [-0.05, 0) is 52.1 Å². The van der Waals surface area contributed by atoms with Crippen LogP contribution in [-0.4, -0.2) is 20.2 Å². The SMILES string of the molecule is NS(=O)(=O)c1ccc(CNC=C2C(=O)NC(=O)c3ccc(-c4ccc(-c5ccccc5)cc4)cc32)cc1. The van der Waals surface area contributed by atoms with E-state index in [1.165, 1.54) is 12.1 Å². The second kappa shape index (κ2) is 9.85. The monoisotopic (exact) mass is 509 g/mol. The van der Waals surface area contributed by atoms with Gasteiger partial charge in [-0.1, -0.05) is 72.8 Å². The first-order valence-corrected chi connectivity index (χ1v) is 13.1. The summed E-state index contributed by atoms with van der Waals surface area (Å²) < 4.78 is 22.9. The quantitative estimate of drug-likeness (QED) is 0.268. The number of primary sulfonamides is 1. The number of fused-ring (bicyclic) bond motifs is 1. The third kappa shape index (κ3) is 5.20. The molecule has 5 rings (SSSR count). The molecule has 0 aliphatic carbocycles. The Bertz CT molecular complexity index is 1630. The van der Waals surface area contributed by atoms with Crippen molar-refractivity contribution >= 4 is 27.4 Å². The zero-order valence-corrected chi connectivity index (χ0v) is 20.5. The number of amides is 2. The number of carbonyl (C=O) groups is 2. The van der Waals surface area contributed by atoms with E-state index in [4.69, 9.17) is 5.14 Å². The number of rotatable bonds is 6. The van der Waals surface area contributed by atoms with Crippen LogP contribution in [0.25, 0.3) is 27.8 Å². The molecule has 0 saturated heterocycles. The van der Waals surface area contributed by atoms with Crippen LogP contribution >= 0.6 is 0 Å². The molecule has 4 aromatic carbocycles. The maximum Gasteiger partial charge on any atom is 0.260 e. The van der Waals surface area contributed by atoms with E-state index in [-0.39, 0.29) is 4.90 Å². The summed E-state index contributed by atoms with van der Waals surface area (Å²) in [6.07, 6.45) is 1.57. The van der Waals surface area contributed by atoms with E-state index >= 15 is 0 Å². The zero-order chi connectivity index (χ0) is 26.0. The molecule has 0 radical (unpaired) electrons. The molecule has 4 aromatic rings. The molecule has 0 atom stereocenters. The van der Waals surface area contributed by atoms with Gasteiger partial charge in [0.05, 0.1) is 10.5 Å². The van der Waals surface area contributed by atoms with Crippen molar-refractivity contribution < 1.29 is 18.0 Å². The Balaban J connectivity index is 1.41. The molecule has 0 saturated carbocycles. The Morgan fingerprint density at radius 1 is 0.703 bits per heavy atom. The number of carbonyl (C=O) groups excluding carboxylic acids is 2. The fourth-order valence-corrected chi connectivity index (χ4v) is 4.72. The van der Waals surface area contributed by atoms with Gasteiger partial charge in [0.1, 0.15) is 0 Å². The number of nitrogens with two attached hydrogens (primary N) is 1. The smallest absolute Gasteiger partial charge is 0.260 e. The van der Waals surface area contributed by atoms with Gasteiger partial charge in [0.2, 0.25) is 10.0 Å². The summed E-state index contributed by atoms with van der Waals surface area (Å²) in [7, 11) is -3.76. The minimum absolute atomic E-state index is 0.0260. The van der Waals surface area contributed by atoms with E-state index in [1.807, 2.05) is 54.6 Å². The molecule has 1 heterocycles. The van der Waals surface area contributed by atoms with Gasteiger partial charge in [0, 0.05) is 23.9 Å². The standard InChI is InChI=1S/C29H23N3O4S/c30-37(35,36)24-13-6-19(7-14-24)17-31-18-27-26-16-23(12-15-25(26)28(33)32-29(27)34)22-10-8-21(9-11-22)20-4-2-1-3-5-20/h1-16,18,31H,17H2,(H2,30,35,36)(H,32,33,34). The summed E-state index contributed by atoms with van der Waals surface area (Å²) in [6, 6.07) is 29.8. The fraction of sp³-hybridized carbons (Fsp3) is 0.0345. The summed E-state index contributed by atoms with van der Waals surface area (Å²) in [5, 5.41) is 10.6. The molecule has 0 spiro atoms. The minimum Gasteiger partial charge on any atom is -0.386 e. The lowest BCUT2D eigenvalue weighted by Gasteiger charge is -2.19. The second-order valence-electron chi connectivity index (χ2n) is 8.61. The summed E-state index contributed by atoms with van der Waals surface area (Å²) in [5.41, 5.74) is 6.14. The predicted molar refractivity (Wildman–Crippen MR) is 142 cm³/mol. The molecule has 1 aliphatic rings. The third-order valence-electron chi connectivity index (χ3n) is 6.16. The van der Waals surface area contributed by atoms with Crippen LogP contribution in [0.1, 0.15) is 21.5 Å². The maximum atomic E-state index is 12.7. The Labute approximate surface area is 214 Å². The molecule has 0 aromatic heterocycles. The van der Waals surface area contributed by atoms with Gasteiger partial charge in [0.25, 0.3) is 11.8 Å². The molecule has 37 heavy (non-hydrogen) atoms. The highest BCUT2D eigenvalue weighted by Crippen LogP contribution is 2.31. The highest BCUT2D eigenvalue weighted by molar-refractivity contribution is 7.89. The average molecular weight is 510 g/mol. The normalized spacial score (nSPS) is 14.2. The molecule has 2 amide bonds. The van der Waals surface area contributed by atoms with E-state index in [9.17, 15) is 18.0 Å². The Morgan fingerprint density at radius 3 is 1.95 bits per heavy atom. The molecule has 0 fully saturated rings. The van der Waals surface area contributed by atoms with Crippen molar-refractivity contribution in [2.75, 3.05) is 0 Å². The first-order valence-electron chi connectivity index (χ1n) is 11.5. The Hall–Kier alpha value is -4.53. The molecule has 0 unspecified atom stereocenters. The van der Waals surface area contributed by atoms with Crippen molar-refractivity contribution in [3.8, 4) is 22.3 Å². The predicted octanol–water partition coefficient (Wildman–Crippen LogP) is 4.07. The van der Waals surface area contributed by atoms with E-state index in [0.717, 1.165) is 27.8 Å². The van der Waals surface area contributed by atoms with E-state index in [0.29, 0.717) is 23.2 Å². The van der Waals surface area contributed by atoms with Crippen LogP contribution in [-0.2, 0) is 21.4 Å². The van der Waals surface area contributed by atoms with Crippen LogP contribution < -0.4 is 15.8 Å². The van der Waals surface area contributed by atoms with Crippen LogP contribution in [0.15, 0.2) is 108 Å². The number of sulfonamides is 1. The first kappa shape index (κ1) is 24.2.